The number of amides is 1. The summed E-state index contributed by atoms with van der Waals surface area (Å²) in [5.74, 6) is -0.203. The number of hydrogen-bond acceptors (Lipinski definition) is 3. The molecule has 4 nitrogen and oxygen atoms in total. The minimum absolute atomic E-state index is 0.00207. The highest BCUT2D eigenvalue weighted by Gasteiger charge is 2.43. The molecular formula is C11H13IN2O2. The predicted octanol–water partition coefficient (Wildman–Crippen LogP) is 1.25. The van der Waals surface area contributed by atoms with Crippen molar-refractivity contribution in [2.24, 2.45) is 0 Å². The Morgan fingerprint density at radius 3 is 2.81 bits per heavy atom. The molecule has 1 aliphatic carbocycles. The molecule has 1 amide bonds. The van der Waals surface area contributed by atoms with E-state index in [0.29, 0.717) is 5.69 Å². The molecule has 2 rings (SSSR count). The third-order valence-electron chi connectivity index (χ3n) is 2.79. The van der Waals surface area contributed by atoms with Gasteiger partial charge in [-0.25, -0.2) is 4.98 Å². The first-order valence-electron chi connectivity index (χ1n) is 5.13. The molecule has 0 unspecified atom stereocenters. The number of halogens is 1. The molecule has 0 bridgehead atoms. The van der Waals surface area contributed by atoms with Crippen LogP contribution in [0.2, 0.25) is 0 Å². The van der Waals surface area contributed by atoms with Crippen LogP contribution in [0.1, 0.15) is 29.0 Å². The van der Waals surface area contributed by atoms with E-state index in [1.165, 1.54) is 0 Å². The highest BCUT2D eigenvalue weighted by Crippen LogP contribution is 2.34. The summed E-state index contributed by atoms with van der Waals surface area (Å²) in [6.45, 7) is 1.87. The first-order chi connectivity index (χ1) is 7.56. The Morgan fingerprint density at radius 1 is 1.62 bits per heavy atom. The van der Waals surface area contributed by atoms with Crippen LogP contribution in [0.3, 0.4) is 0 Å². The highest BCUT2D eigenvalue weighted by atomic mass is 127. The first kappa shape index (κ1) is 11.8. The molecular weight excluding hydrogens is 319 g/mol. The highest BCUT2D eigenvalue weighted by molar-refractivity contribution is 14.1. The van der Waals surface area contributed by atoms with E-state index in [4.69, 9.17) is 5.11 Å². The molecule has 0 saturated heterocycles. The Labute approximate surface area is 108 Å². The molecule has 1 aliphatic rings. The Bertz CT molecular complexity index is 430. The summed E-state index contributed by atoms with van der Waals surface area (Å²) in [4.78, 5) is 16.1. The van der Waals surface area contributed by atoms with Crippen LogP contribution in [0.25, 0.3) is 0 Å². The second-order valence-electron chi connectivity index (χ2n) is 4.16. The van der Waals surface area contributed by atoms with E-state index in [1.54, 1.807) is 6.07 Å². The molecule has 0 aromatic carbocycles. The second kappa shape index (κ2) is 4.29. The van der Waals surface area contributed by atoms with Crippen molar-refractivity contribution in [3.8, 4) is 0 Å². The molecule has 0 aliphatic heterocycles. The Balaban J connectivity index is 2.12. The molecule has 1 fully saturated rings. The van der Waals surface area contributed by atoms with Gasteiger partial charge in [-0.15, -0.1) is 0 Å². The SMILES string of the molecule is Cc1nc(C(=O)NC2(CO)CC2)ccc1I. The van der Waals surface area contributed by atoms with Crippen LogP contribution < -0.4 is 5.32 Å². The van der Waals surface area contributed by atoms with Gasteiger partial charge < -0.3 is 10.4 Å². The van der Waals surface area contributed by atoms with Crippen LogP contribution in [0.4, 0.5) is 0 Å². The van der Waals surface area contributed by atoms with Gasteiger partial charge in [0.05, 0.1) is 17.8 Å². The molecule has 0 atom stereocenters. The third kappa shape index (κ3) is 2.35. The summed E-state index contributed by atoms with van der Waals surface area (Å²) in [5.41, 5.74) is 0.884. The number of nitrogens with one attached hydrogen (secondary N) is 1. The lowest BCUT2D eigenvalue weighted by Gasteiger charge is -2.13. The van der Waals surface area contributed by atoms with Gasteiger partial charge in [-0.05, 0) is 54.5 Å². The summed E-state index contributed by atoms with van der Waals surface area (Å²) in [7, 11) is 0. The summed E-state index contributed by atoms with van der Waals surface area (Å²) in [6, 6.07) is 3.58. The molecule has 5 heteroatoms. The average molecular weight is 332 g/mol. The lowest BCUT2D eigenvalue weighted by atomic mass is 10.2. The minimum atomic E-state index is -0.379. The zero-order valence-corrected chi connectivity index (χ0v) is 11.1. The minimum Gasteiger partial charge on any atom is -0.394 e. The Morgan fingerprint density at radius 2 is 2.31 bits per heavy atom. The number of aryl methyl sites for hydroxylation is 1. The molecule has 0 spiro atoms. The average Bonchev–Trinajstić information content (AvgIpc) is 3.02. The van der Waals surface area contributed by atoms with E-state index in [1.807, 2.05) is 13.0 Å². The number of nitrogens with zero attached hydrogens (tertiary/aromatic N) is 1. The van der Waals surface area contributed by atoms with Crippen LogP contribution in [-0.2, 0) is 0 Å². The van der Waals surface area contributed by atoms with Crippen molar-refractivity contribution >= 4 is 28.5 Å². The zero-order valence-electron chi connectivity index (χ0n) is 8.96. The van der Waals surface area contributed by atoms with Crippen molar-refractivity contribution in [2.45, 2.75) is 25.3 Å². The molecule has 16 heavy (non-hydrogen) atoms. The summed E-state index contributed by atoms with van der Waals surface area (Å²) in [6.07, 6.45) is 1.69. The summed E-state index contributed by atoms with van der Waals surface area (Å²) in [5, 5.41) is 11.9. The standard InChI is InChI=1S/C11H13IN2O2/c1-7-8(12)2-3-9(13-7)10(16)14-11(6-15)4-5-11/h2-3,15H,4-6H2,1H3,(H,14,16). The van der Waals surface area contributed by atoms with Crippen LogP contribution in [0.15, 0.2) is 12.1 Å². The smallest absolute Gasteiger partial charge is 0.270 e. The van der Waals surface area contributed by atoms with Gasteiger partial charge in [-0.3, -0.25) is 4.79 Å². The van der Waals surface area contributed by atoms with Gasteiger partial charge in [0.2, 0.25) is 0 Å². The van der Waals surface area contributed by atoms with Crippen molar-refractivity contribution in [3.05, 3.63) is 27.1 Å². The number of hydrogen-bond donors (Lipinski definition) is 2. The first-order valence-corrected chi connectivity index (χ1v) is 6.21. The lowest BCUT2D eigenvalue weighted by Crippen LogP contribution is -2.40. The van der Waals surface area contributed by atoms with Gasteiger partial charge in [0.15, 0.2) is 0 Å². The number of pyridine rings is 1. The van der Waals surface area contributed by atoms with Crippen molar-refractivity contribution in [3.63, 3.8) is 0 Å². The van der Waals surface area contributed by atoms with Gasteiger partial charge in [0, 0.05) is 3.57 Å². The molecule has 1 saturated carbocycles. The molecule has 2 N–H and O–H groups in total. The van der Waals surface area contributed by atoms with Gasteiger partial charge in [-0.2, -0.15) is 0 Å². The fraction of sp³-hybridized carbons (Fsp3) is 0.455. The lowest BCUT2D eigenvalue weighted by molar-refractivity contribution is 0.0901. The van der Waals surface area contributed by atoms with E-state index >= 15 is 0 Å². The largest absolute Gasteiger partial charge is 0.394 e. The summed E-state index contributed by atoms with van der Waals surface area (Å²) >= 11 is 2.18. The van der Waals surface area contributed by atoms with Gasteiger partial charge in [0.25, 0.3) is 5.91 Å². The maximum absolute atomic E-state index is 11.8. The topological polar surface area (TPSA) is 62.2 Å². The molecule has 1 aromatic heterocycles. The monoisotopic (exact) mass is 332 g/mol. The van der Waals surface area contributed by atoms with Crippen molar-refractivity contribution < 1.29 is 9.90 Å². The summed E-state index contributed by atoms with van der Waals surface area (Å²) < 4.78 is 1.04. The van der Waals surface area contributed by atoms with Crippen molar-refractivity contribution in [1.82, 2.24) is 10.3 Å². The van der Waals surface area contributed by atoms with Gasteiger partial charge in [0.1, 0.15) is 5.69 Å². The van der Waals surface area contributed by atoms with Crippen molar-refractivity contribution in [1.29, 1.82) is 0 Å². The molecule has 1 aromatic rings. The van der Waals surface area contributed by atoms with Crippen LogP contribution in [0.5, 0.6) is 0 Å². The van der Waals surface area contributed by atoms with E-state index in [0.717, 1.165) is 22.1 Å². The quantitative estimate of drug-likeness (QED) is 0.819. The molecule has 86 valence electrons. The zero-order chi connectivity index (χ0) is 11.8. The van der Waals surface area contributed by atoms with Gasteiger partial charge >= 0.3 is 0 Å². The number of carbonyl (C=O) groups is 1. The van der Waals surface area contributed by atoms with Crippen molar-refractivity contribution in [2.75, 3.05) is 6.61 Å². The molecule has 1 heterocycles. The third-order valence-corrected chi connectivity index (χ3v) is 3.93. The van der Waals surface area contributed by atoms with Crippen LogP contribution in [-0.4, -0.2) is 28.1 Å². The Kier molecular flexibility index (Phi) is 3.16. The fourth-order valence-electron chi connectivity index (χ4n) is 1.45. The van der Waals surface area contributed by atoms with E-state index < -0.39 is 0 Å². The predicted molar refractivity (Wildman–Crippen MR) is 68.2 cm³/mol. The molecule has 0 radical (unpaired) electrons. The number of aromatic nitrogens is 1. The van der Waals surface area contributed by atoms with E-state index in [-0.39, 0.29) is 18.1 Å². The number of carbonyl (C=O) groups excluding carboxylic acids is 1. The number of aliphatic hydroxyl groups is 1. The van der Waals surface area contributed by atoms with Crippen LogP contribution >= 0.6 is 22.6 Å². The Hall–Kier alpha value is -0.690. The second-order valence-corrected chi connectivity index (χ2v) is 5.32. The normalized spacial score (nSPS) is 16.9. The van der Waals surface area contributed by atoms with E-state index in [9.17, 15) is 4.79 Å². The maximum Gasteiger partial charge on any atom is 0.270 e. The van der Waals surface area contributed by atoms with Crippen LogP contribution in [0, 0.1) is 10.5 Å². The fourth-order valence-corrected chi connectivity index (χ4v) is 1.75. The number of aliphatic hydroxyl groups excluding tert-OH is 1. The van der Waals surface area contributed by atoms with E-state index in [2.05, 4.69) is 32.9 Å². The maximum atomic E-state index is 11.8. The van der Waals surface area contributed by atoms with Gasteiger partial charge in [-0.1, -0.05) is 0 Å². The number of rotatable bonds is 3.